The Morgan fingerprint density at radius 3 is 2.43 bits per heavy atom. The molecular formula is C6H11N. The molecule has 0 aliphatic rings. The lowest BCUT2D eigenvalue weighted by atomic mass is 10.4. The molecule has 0 heterocycles. The molecule has 0 fully saturated rings. The third-order valence-corrected chi connectivity index (χ3v) is 0.762. The molecule has 1 N–H and O–H groups in total. The summed E-state index contributed by atoms with van der Waals surface area (Å²) in [5.41, 5.74) is 1.13. The van der Waals surface area contributed by atoms with Gasteiger partial charge in [-0.2, -0.15) is 0 Å². The van der Waals surface area contributed by atoms with Crippen molar-refractivity contribution < 1.29 is 0 Å². The van der Waals surface area contributed by atoms with Crippen molar-refractivity contribution in [3.05, 3.63) is 24.4 Å². The molecule has 40 valence electrons. The fraction of sp³-hybridized carbons (Fsp3) is 0.333. The maximum Gasteiger partial charge on any atom is 0.00722 e. The Balaban J connectivity index is 3.49. The van der Waals surface area contributed by atoms with Crippen LogP contribution in [0, 0.1) is 0 Å². The molecule has 0 aliphatic carbocycles. The van der Waals surface area contributed by atoms with Gasteiger partial charge in [0.15, 0.2) is 0 Å². The molecule has 0 unspecified atom stereocenters. The third kappa shape index (κ3) is 3.10. The zero-order chi connectivity index (χ0) is 5.70. The minimum Gasteiger partial charge on any atom is -0.392 e. The van der Waals surface area contributed by atoms with Crippen LogP contribution in [-0.2, 0) is 0 Å². The van der Waals surface area contributed by atoms with E-state index in [2.05, 4.69) is 11.9 Å². The number of hydrogen-bond acceptors (Lipinski definition) is 1. The van der Waals surface area contributed by atoms with Crippen molar-refractivity contribution in [2.24, 2.45) is 0 Å². The molecule has 0 amide bonds. The van der Waals surface area contributed by atoms with Crippen molar-refractivity contribution in [3.63, 3.8) is 0 Å². The summed E-state index contributed by atoms with van der Waals surface area (Å²) in [6.45, 7) is 5.52. The van der Waals surface area contributed by atoms with Crippen LogP contribution < -0.4 is 5.32 Å². The van der Waals surface area contributed by atoms with E-state index < -0.39 is 0 Å². The summed E-state index contributed by atoms with van der Waals surface area (Å²) < 4.78 is 0. The van der Waals surface area contributed by atoms with E-state index in [9.17, 15) is 0 Å². The molecule has 0 aliphatic heterocycles. The number of nitrogens with one attached hydrogen (secondary N) is 1. The second-order valence-corrected chi connectivity index (χ2v) is 1.34. The summed E-state index contributed by atoms with van der Waals surface area (Å²) in [5, 5.41) is 2.96. The van der Waals surface area contributed by atoms with Gasteiger partial charge in [-0.05, 0) is 13.0 Å². The van der Waals surface area contributed by atoms with E-state index >= 15 is 0 Å². The monoisotopic (exact) mass is 97.1 g/mol. The van der Waals surface area contributed by atoms with Gasteiger partial charge >= 0.3 is 0 Å². The SMILES string of the molecule is C=CC=C(C)NC. The topological polar surface area (TPSA) is 12.0 Å². The van der Waals surface area contributed by atoms with E-state index in [1.807, 2.05) is 20.0 Å². The van der Waals surface area contributed by atoms with Crippen LogP contribution in [0.15, 0.2) is 24.4 Å². The molecule has 0 saturated carbocycles. The van der Waals surface area contributed by atoms with Crippen molar-refractivity contribution in [3.8, 4) is 0 Å². The van der Waals surface area contributed by atoms with Crippen LogP contribution in [-0.4, -0.2) is 7.05 Å². The van der Waals surface area contributed by atoms with Gasteiger partial charge in [0, 0.05) is 12.7 Å². The van der Waals surface area contributed by atoms with Gasteiger partial charge in [0.25, 0.3) is 0 Å². The van der Waals surface area contributed by atoms with Crippen molar-refractivity contribution >= 4 is 0 Å². The van der Waals surface area contributed by atoms with Gasteiger partial charge in [0.2, 0.25) is 0 Å². The summed E-state index contributed by atoms with van der Waals surface area (Å²) in [4.78, 5) is 0. The molecule has 0 saturated heterocycles. The molecule has 0 rings (SSSR count). The normalized spacial score (nSPS) is 10.9. The average molecular weight is 97.2 g/mol. The van der Waals surface area contributed by atoms with Crippen molar-refractivity contribution in [2.75, 3.05) is 7.05 Å². The standard InChI is InChI=1S/C6H11N/c1-4-5-6(2)7-3/h4-5,7H,1H2,2-3H3. The molecule has 0 bridgehead atoms. The summed E-state index contributed by atoms with van der Waals surface area (Å²) >= 11 is 0. The Morgan fingerprint density at radius 2 is 2.29 bits per heavy atom. The van der Waals surface area contributed by atoms with E-state index in [1.54, 1.807) is 6.08 Å². The maximum absolute atomic E-state index is 3.53. The van der Waals surface area contributed by atoms with E-state index in [1.165, 1.54) is 0 Å². The van der Waals surface area contributed by atoms with Gasteiger partial charge < -0.3 is 5.32 Å². The second-order valence-electron chi connectivity index (χ2n) is 1.34. The predicted octanol–water partition coefficient (Wildman–Crippen LogP) is 1.30. The van der Waals surface area contributed by atoms with Gasteiger partial charge in [-0.3, -0.25) is 0 Å². The van der Waals surface area contributed by atoms with Crippen molar-refractivity contribution in [1.29, 1.82) is 0 Å². The highest BCUT2D eigenvalue weighted by Crippen LogP contribution is 1.81. The molecule has 0 radical (unpaired) electrons. The lowest BCUT2D eigenvalue weighted by molar-refractivity contribution is 0.991. The van der Waals surface area contributed by atoms with Crippen molar-refractivity contribution in [1.82, 2.24) is 5.32 Å². The highest BCUT2D eigenvalue weighted by atomic mass is 14.8. The summed E-state index contributed by atoms with van der Waals surface area (Å²) in [7, 11) is 1.88. The molecule has 0 aromatic heterocycles. The van der Waals surface area contributed by atoms with E-state index in [-0.39, 0.29) is 0 Å². The number of rotatable bonds is 2. The lowest BCUT2D eigenvalue weighted by Gasteiger charge is -1.92. The maximum atomic E-state index is 3.53. The fourth-order valence-corrected chi connectivity index (χ4v) is 0.260. The Hall–Kier alpha value is -0.720. The predicted molar refractivity (Wildman–Crippen MR) is 33.0 cm³/mol. The largest absolute Gasteiger partial charge is 0.392 e. The third-order valence-electron chi connectivity index (χ3n) is 0.762. The molecule has 7 heavy (non-hydrogen) atoms. The molecule has 0 aromatic carbocycles. The summed E-state index contributed by atoms with van der Waals surface area (Å²) in [6, 6.07) is 0. The highest BCUT2D eigenvalue weighted by molar-refractivity contribution is 5.04. The highest BCUT2D eigenvalue weighted by Gasteiger charge is 1.71. The van der Waals surface area contributed by atoms with Gasteiger partial charge in [-0.15, -0.1) is 0 Å². The van der Waals surface area contributed by atoms with E-state index in [0.717, 1.165) is 5.70 Å². The average Bonchev–Trinajstić information content (AvgIpc) is 1.68. The Bertz CT molecular complexity index is 82.2. The minimum atomic E-state index is 1.13. The zero-order valence-corrected chi connectivity index (χ0v) is 4.86. The first-order chi connectivity index (χ1) is 3.31. The fourth-order valence-electron chi connectivity index (χ4n) is 0.260. The number of allylic oxidation sites excluding steroid dienone is 3. The van der Waals surface area contributed by atoms with Crippen LogP contribution in [0.2, 0.25) is 0 Å². The minimum absolute atomic E-state index is 1.13. The summed E-state index contributed by atoms with van der Waals surface area (Å²) in [5.74, 6) is 0. The van der Waals surface area contributed by atoms with E-state index in [0.29, 0.717) is 0 Å². The Kier molecular flexibility index (Phi) is 3.11. The number of hydrogen-bond donors (Lipinski definition) is 1. The first-order valence-corrected chi connectivity index (χ1v) is 2.28. The van der Waals surface area contributed by atoms with E-state index in [4.69, 9.17) is 0 Å². The Labute approximate surface area is 44.7 Å². The van der Waals surface area contributed by atoms with Crippen molar-refractivity contribution in [2.45, 2.75) is 6.92 Å². The van der Waals surface area contributed by atoms with Crippen LogP contribution in [0.4, 0.5) is 0 Å². The molecular weight excluding hydrogens is 86.1 g/mol. The van der Waals surface area contributed by atoms with Crippen LogP contribution in [0.3, 0.4) is 0 Å². The molecule has 0 aromatic rings. The zero-order valence-electron chi connectivity index (χ0n) is 4.86. The molecule has 1 nitrogen and oxygen atoms in total. The van der Waals surface area contributed by atoms with Gasteiger partial charge in [-0.1, -0.05) is 12.7 Å². The molecule has 0 spiro atoms. The lowest BCUT2D eigenvalue weighted by Crippen LogP contribution is -1.99. The Morgan fingerprint density at radius 1 is 1.71 bits per heavy atom. The first-order valence-electron chi connectivity index (χ1n) is 2.28. The second kappa shape index (κ2) is 3.47. The molecule has 1 heteroatoms. The summed E-state index contributed by atoms with van der Waals surface area (Å²) in [6.07, 6.45) is 3.67. The van der Waals surface area contributed by atoms with Gasteiger partial charge in [0.1, 0.15) is 0 Å². The van der Waals surface area contributed by atoms with Crippen LogP contribution >= 0.6 is 0 Å². The van der Waals surface area contributed by atoms with Gasteiger partial charge in [-0.25, -0.2) is 0 Å². The first kappa shape index (κ1) is 6.28. The van der Waals surface area contributed by atoms with Gasteiger partial charge in [0.05, 0.1) is 0 Å². The van der Waals surface area contributed by atoms with Crippen LogP contribution in [0.5, 0.6) is 0 Å². The quantitative estimate of drug-likeness (QED) is 0.512. The van der Waals surface area contributed by atoms with Crippen LogP contribution in [0.1, 0.15) is 6.92 Å². The smallest absolute Gasteiger partial charge is 0.00722 e. The molecule has 0 atom stereocenters. The van der Waals surface area contributed by atoms with Crippen LogP contribution in [0.25, 0.3) is 0 Å².